The molecule has 4 nitrogen and oxygen atoms in total. The number of hydrogen-bond donors (Lipinski definition) is 2. The Kier molecular flexibility index (Phi) is 4.97. The van der Waals surface area contributed by atoms with E-state index in [-0.39, 0.29) is 0 Å². The Morgan fingerprint density at radius 1 is 1.38 bits per heavy atom. The molecule has 124 valence electrons. The number of halogens is 1. The fourth-order valence-electron chi connectivity index (χ4n) is 2.87. The molecule has 0 amide bonds. The molecule has 0 fully saturated rings. The van der Waals surface area contributed by atoms with Gasteiger partial charge < -0.3 is 15.5 Å². The van der Waals surface area contributed by atoms with Crippen LogP contribution in [0.5, 0.6) is 0 Å². The monoisotopic (exact) mass is 341 g/mol. The largest absolute Gasteiger partial charge is 0.394 e. The van der Waals surface area contributed by atoms with E-state index in [0.717, 1.165) is 34.1 Å². The summed E-state index contributed by atoms with van der Waals surface area (Å²) >= 11 is 6.43. The van der Waals surface area contributed by atoms with Crippen LogP contribution in [0.25, 0.3) is 16.5 Å². The lowest BCUT2D eigenvalue weighted by atomic mass is 9.92. The Hall–Kier alpha value is -2.17. The number of aryl methyl sites for hydroxylation is 1. The van der Waals surface area contributed by atoms with Crippen LogP contribution in [0.15, 0.2) is 36.6 Å². The molecule has 5 heteroatoms. The summed E-state index contributed by atoms with van der Waals surface area (Å²) in [6, 6.07) is 5.89. The van der Waals surface area contributed by atoms with Gasteiger partial charge in [-0.25, -0.2) is 0 Å². The zero-order valence-electron chi connectivity index (χ0n) is 13.8. The van der Waals surface area contributed by atoms with Crippen molar-refractivity contribution >= 4 is 33.8 Å². The average Bonchev–Trinajstić information content (AvgIpc) is 2.59. The van der Waals surface area contributed by atoms with E-state index in [1.807, 2.05) is 26.1 Å². The molecule has 0 radical (unpaired) electrons. The van der Waals surface area contributed by atoms with E-state index in [1.165, 1.54) is 5.57 Å². The van der Waals surface area contributed by atoms with Gasteiger partial charge in [-0.15, -0.1) is 0 Å². The molecular formula is C19H20ClN3O. The van der Waals surface area contributed by atoms with Gasteiger partial charge in [0, 0.05) is 23.7 Å². The van der Waals surface area contributed by atoms with Crippen molar-refractivity contribution in [3.05, 3.63) is 58.4 Å². The van der Waals surface area contributed by atoms with E-state index in [1.54, 1.807) is 12.3 Å². The van der Waals surface area contributed by atoms with Crippen molar-refractivity contribution < 1.29 is 4.74 Å². The Morgan fingerprint density at radius 3 is 2.92 bits per heavy atom. The molecule has 1 aromatic carbocycles. The predicted molar refractivity (Wildman–Crippen MR) is 99.9 cm³/mol. The molecule has 0 aliphatic carbocycles. The van der Waals surface area contributed by atoms with Crippen molar-refractivity contribution in [2.45, 2.75) is 13.3 Å². The Morgan fingerprint density at radius 2 is 2.21 bits per heavy atom. The highest BCUT2D eigenvalue weighted by atomic mass is 35.5. The van der Waals surface area contributed by atoms with Crippen LogP contribution in [-0.4, -0.2) is 31.0 Å². The summed E-state index contributed by atoms with van der Waals surface area (Å²) in [5.74, 6) is 0. The van der Waals surface area contributed by atoms with Crippen molar-refractivity contribution in [3.8, 4) is 0 Å². The predicted octanol–water partition coefficient (Wildman–Crippen LogP) is 4.10. The number of rotatable bonds is 4. The number of pyridine rings is 1. The lowest BCUT2D eigenvalue weighted by Gasteiger charge is -2.18. The molecule has 2 N–H and O–H groups in total. The third-order valence-electron chi connectivity index (χ3n) is 4.04. The second kappa shape index (κ2) is 7.16. The first kappa shape index (κ1) is 16.7. The van der Waals surface area contributed by atoms with Gasteiger partial charge in [-0.1, -0.05) is 17.7 Å². The van der Waals surface area contributed by atoms with Crippen molar-refractivity contribution in [2.24, 2.45) is 0 Å². The molecule has 3 rings (SSSR count). The Balaban J connectivity index is 2.23. The first-order valence-corrected chi connectivity index (χ1v) is 8.28. The van der Waals surface area contributed by atoms with Crippen LogP contribution < -0.4 is 5.32 Å². The average molecular weight is 342 g/mol. The molecular weight excluding hydrogens is 322 g/mol. The van der Waals surface area contributed by atoms with Crippen LogP contribution in [0.4, 0.5) is 0 Å². The smallest absolute Gasteiger partial charge is 0.0727 e. The Labute approximate surface area is 146 Å². The zero-order valence-corrected chi connectivity index (χ0v) is 14.6. The van der Waals surface area contributed by atoms with Gasteiger partial charge in [-0.3, -0.25) is 4.98 Å². The van der Waals surface area contributed by atoms with Gasteiger partial charge in [-0.05, 0) is 55.0 Å². The molecule has 2 aromatic rings. The maximum Gasteiger partial charge on any atom is 0.0727 e. The third kappa shape index (κ3) is 3.35. The van der Waals surface area contributed by atoms with E-state index in [2.05, 4.69) is 22.4 Å². The molecule has 2 heterocycles. The van der Waals surface area contributed by atoms with Crippen LogP contribution in [0.3, 0.4) is 0 Å². The van der Waals surface area contributed by atoms with Gasteiger partial charge in [0.2, 0.25) is 0 Å². The zero-order chi connectivity index (χ0) is 17.1. The van der Waals surface area contributed by atoms with Crippen LogP contribution in [0.1, 0.15) is 23.2 Å². The maximum atomic E-state index is 8.43. The summed E-state index contributed by atoms with van der Waals surface area (Å²) in [4.78, 5) is 4.58. The second-order valence-corrected chi connectivity index (χ2v) is 6.16. The summed E-state index contributed by atoms with van der Waals surface area (Å²) in [7, 11) is 1.82. The quantitative estimate of drug-likeness (QED) is 0.823. The van der Waals surface area contributed by atoms with Crippen molar-refractivity contribution in [1.29, 1.82) is 5.41 Å². The molecule has 0 atom stereocenters. The minimum absolute atomic E-state index is 0.438. The third-order valence-corrected chi connectivity index (χ3v) is 4.35. The van der Waals surface area contributed by atoms with E-state index in [0.29, 0.717) is 23.9 Å². The first-order valence-electron chi connectivity index (χ1n) is 7.91. The Bertz CT molecular complexity index is 855. The van der Waals surface area contributed by atoms with Gasteiger partial charge in [0.05, 0.1) is 29.5 Å². The maximum absolute atomic E-state index is 8.43. The lowest BCUT2D eigenvalue weighted by Crippen LogP contribution is -2.08. The number of allylic oxidation sites excluding steroid dienone is 1. The normalized spacial score (nSPS) is 14.9. The van der Waals surface area contributed by atoms with Crippen LogP contribution >= 0.6 is 11.6 Å². The highest BCUT2D eigenvalue weighted by Gasteiger charge is 2.16. The minimum atomic E-state index is 0.438. The highest BCUT2D eigenvalue weighted by Crippen LogP contribution is 2.32. The molecule has 0 unspecified atom stereocenters. The van der Waals surface area contributed by atoms with Crippen molar-refractivity contribution in [2.75, 3.05) is 20.3 Å². The van der Waals surface area contributed by atoms with Crippen molar-refractivity contribution in [1.82, 2.24) is 10.3 Å². The molecule has 1 aliphatic heterocycles. The van der Waals surface area contributed by atoms with Gasteiger partial charge >= 0.3 is 0 Å². The standard InChI is InChI=1S/C19H20ClN3O/c1-12-9-17(20)16-10-14(13-4-7-24-8-5-13)15(11-19(16)23-12)18(21)3-6-22-2/h3-4,6,9-11,21-22H,5,7-8H2,1-2H3/b6-3-,21-18?. The van der Waals surface area contributed by atoms with Gasteiger partial charge in [0.25, 0.3) is 0 Å². The van der Waals surface area contributed by atoms with E-state index >= 15 is 0 Å². The van der Waals surface area contributed by atoms with E-state index in [9.17, 15) is 0 Å². The molecule has 0 saturated heterocycles. The minimum Gasteiger partial charge on any atom is -0.394 e. The number of aromatic nitrogens is 1. The lowest BCUT2D eigenvalue weighted by molar-refractivity contribution is 0.161. The summed E-state index contributed by atoms with van der Waals surface area (Å²) in [6.45, 7) is 3.22. The molecule has 0 bridgehead atoms. The van der Waals surface area contributed by atoms with Gasteiger partial charge in [-0.2, -0.15) is 0 Å². The van der Waals surface area contributed by atoms with E-state index in [4.69, 9.17) is 21.7 Å². The number of benzene rings is 1. The molecule has 24 heavy (non-hydrogen) atoms. The number of fused-ring (bicyclic) bond motifs is 1. The molecule has 1 aromatic heterocycles. The number of nitrogens with zero attached hydrogens (tertiary/aromatic N) is 1. The topological polar surface area (TPSA) is 58.0 Å². The summed E-state index contributed by atoms with van der Waals surface area (Å²) in [6.07, 6.45) is 6.42. The van der Waals surface area contributed by atoms with Crippen LogP contribution in [0.2, 0.25) is 5.02 Å². The number of ether oxygens (including phenoxy) is 1. The summed E-state index contributed by atoms with van der Waals surface area (Å²) in [5, 5.41) is 13.0. The molecule has 1 aliphatic rings. The fourth-order valence-corrected chi connectivity index (χ4v) is 3.18. The summed E-state index contributed by atoms with van der Waals surface area (Å²) in [5.41, 5.74) is 5.20. The van der Waals surface area contributed by atoms with Gasteiger partial charge in [0.15, 0.2) is 0 Å². The summed E-state index contributed by atoms with van der Waals surface area (Å²) < 4.78 is 5.42. The fraction of sp³-hybridized carbons (Fsp3) is 0.263. The first-order chi connectivity index (χ1) is 11.6. The van der Waals surface area contributed by atoms with Crippen LogP contribution in [0, 0.1) is 12.3 Å². The van der Waals surface area contributed by atoms with Crippen LogP contribution in [-0.2, 0) is 4.74 Å². The SMILES string of the molecule is CN/C=C\C(=N)c1cc2nc(C)cc(Cl)c2cc1C1=CCOCC1. The van der Waals surface area contributed by atoms with Crippen molar-refractivity contribution in [3.63, 3.8) is 0 Å². The molecule has 0 spiro atoms. The molecule has 0 saturated carbocycles. The number of hydrogen-bond acceptors (Lipinski definition) is 4. The van der Waals surface area contributed by atoms with E-state index < -0.39 is 0 Å². The van der Waals surface area contributed by atoms with Gasteiger partial charge in [0.1, 0.15) is 0 Å². The highest BCUT2D eigenvalue weighted by molar-refractivity contribution is 6.35. The number of nitrogens with one attached hydrogen (secondary N) is 2. The second-order valence-electron chi connectivity index (χ2n) is 5.75.